The summed E-state index contributed by atoms with van der Waals surface area (Å²) in [4.78, 5) is 18.0. The minimum absolute atomic E-state index is 0.220. The molecular formula is C18H16F2N2O2S2. The van der Waals surface area contributed by atoms with Crippen molar-refractivity contribution in [2.75, 3.05) is 20.0 Å². The summed E-state index contributed by atoms with van der Waals surface area (Å²) in [6.45, 7) is 0.613. The van der Waals surface area contributed by atoms with Crippen LogP contribution in [0.5, 0.6) is 0 Å². The van der Waals surface area contributed by atoms with Gasteiger partial charge in [0.05, 0.1) is 16.8 Å². The van der Waals surface area contributed by atoms with Crippen LogP contribution >= 0.6 is 23.1 Å². The molecule has 0 unspecified atom stereocenters. The first-order valence-corrected chi connectivity index (χ1v) is 9.78. The van der Waals surface area contributed by atoms with Crippen molar-refractivity contribution in [1.82, 2.24) is 4.57 Å². The normalized spacial score (nSPS) is 12.1. The molecule has 1 aromatic heterocycles. The summed E-state index contributed by atoms with van der Waals surface area (Å²) in [5.74, 6) is -1.79. The van der Waals surface area contributed by atoms with E-state index in [9.17, 15) is 13.6 Å². The summed E-state index contributed by atoms with van der Waals surface area (Å²) in [5.41, 5.74) is 0.664. The Bertz CT molecular complexity index is 1030. The lowest BCUT2D eigenvalue weighted by Crippen LogP contribution is -2.20. The Kier molecular flexibility index (Phi) is 5.85. The van der Waals surface area contributed by atoms with E-state index in [-0.39, 0.29) is 5.52 Å². The van der Waals surface area contributed by atoms with Crippen LogP contribution in [0.1, 0.15) is 10.4 Å². The molecule has 0 saturated carbocycles. The average Bonchev–Trinajstić information content (AvgIpc) is 2.96. The average molecular weight is 394 g/mol. The molecule has 3 aromatic rings. The molecule has 0 spiro atoms. The fraction of sp³-hybridized carbons (Fsp3) is 0.222. The standard InChI is InChI=1S/C18H16F2N2O2S2/c1-24-7-6-22-16-14(20)9-12(19)10-15(16)26-18(22)21-17(23)11-4-3-5-13(8-11)25-2/h3-5,8-10H,6-7H2,1-2H3. The lowest BCUT2D eigenvalue weighted by Gasteiger charge is -2.05. The van der Waals surface area contributed by atoms with E-state index in [0.29, 0.717) is 28.2 Å². The Morgan fingerprint density at radius 2 is 2.12 bits per heavy atom. The molecule has 0 aliphatic rings. The molecule has 8 heteroatoms. The van der Waals surface area contributed by atoms with E-state index in [1.165, 1.54) is 24.9 Å². The van der Waals surface area contributed by atoms with Gasteiger partial charge in [0.15, 0.2) is 10.6 Å². The summed E-state index contributed by atoms with van der Waals surface area (Å²) in [6, 6.07) is 9.18. The Balaban J connectivity index is 2.14. The molecule has 3 rings (SSSR count). The minimum Gasteiger partial charge on any atom is -0.383 e. The number of hydrogen-bond donors (Lipinski definition) is 0. The number of thioether (sulfide) groups is 1. The van der Waals surface area contributed by atoms with E-state index in [2.05, 4.69) is 4.99 Å². The number of fused-ring (bicyclic) bond motifs is 1. The van der Waals surface area contributed by atoms with E-state index >= 15 is 0 Å². The number of benzene rings is 2. The Hall–Kier alpha value is -2.03. The number of thiazole rings is 1. The van der Waals surface area contributed by atoms with E-state index in [1.807, 2.05) is 12.3 Å². The molecule has 4 nitrogen and oxygen atoms in total. The van der Waals surface area contributed by atoms with E-state index < -0.39 is 17.5 Å². The Labute approximate surface area is 157 Å². The van der Waals surface area contributed by atoms with Crippen LogP contribution in [-0.2, 0) is 11.3 Å². The van der Waals surface area contributed by atoms with Gasteiger partial charge in [-0.25, -0.2) is 8.78 Å². The SMILES string of the molecule is COCCn1c(=NC(=O)c2cccc(SC)c2)sc2cc(F)cc(F)c21. The fourth-order valence-electron chi connectivity index (χ4n) is 2.51. The van der Waals surface area contributed by atoms with Crippen molar-refractivity contribution in [3.05, 3.63) is 58.4 Å². The van der Waals surface area contributed by atoms with Crippen molar-refractivity contribution in [1.29, 1.82) is 0 Å². The number of amides is 1. The summed E-state index contributed by atoms with van der Waals surface area (Å²) < 4.78 is 34.8. The number of nitrogens with zero attached hydrogens (tertiary/aromatic N) is 2. The lowest BCUT2D eigenvalue weighted by atomic mass is 10.2. The van der Waals surface area contributed by atoms with E-state index in [0.717, 1.165) is 22.3 Å². The number of aromatic nitrogens is 1. The van der Waals surface area contributed by atoms with Crippen LogP contribution < -0.4 is 4.80 Å². The smallest absolute Gasteiger partial charge is 0.279 e. The zero-order valence-corrected chi connectivity index (χ0v) is 15.8. The Morgan fingerprint density at radius 1 is 1.31 bits per heavy atom. The van der Waals surface area contributed by atoms with Crippen LogP contribution in [0.25, 0.3) is 10.2 Å². The number of rotatable bonds is 5. The maximum atomic E-state index is 14.3. The highest BCUT2D eigenvalue weighted by molar-refractivity contribution is 7.98. The number of methoxy groups -OCH3 is 1. The number of halogens is 2. The summed E-state index contributed by atoms with van der Waals surface area (Å²) in [7, 11) is 1.53. The maximum Gasteiger partial charge on any atom is 0.279 e. The van der Waals surface area contributed by atoms with Crippen molar-refractivity contribution in [3.63, 3.8) is 0 Å². The molecule has 0 aliphatic carbocycles. The van der Waals surface area contributed by atoms with Gasteiger partial charge in [-0.3, -0.25) is 4.79 Å². The van der Waals surface area contributed by atoms with Gasteiger partial charge in [0.1, 0.15) is 5.82 Å². The topological polar surface area (TPSA) is 43.6 Å². The molecule has 0 radical (unpaired) electrons. The minimum atomic E-state index is -0.689. The third kappa shape index (κ3) is 3.87. The third-order valence-corrected chi connectivity index (χ3v) is 5.48. The molecule has 1 heterocycles. The largest absolute Gasteiger partial charge is 0.383 e. The predicted octanol–water partition coefficient (Wildman–Crippen LogP) is 4.09. The molecule has 0 fully saturated rings. The zero-order chi connectivity index (χ0) is 18.7. The first kappa shape index (κ1) is 18.8. The number of hydrogen-bond acceptors (Lipinski definition) is 4. The Morgan fingerprint density at radius 3 is 2.85 bits per heavy atom. The van der Waals surface area contributed by atoms with Crippen LogP contribution in [0.15, 0.2) is 46.3 Å². The second-order valence-corrected chi connectivity index (χ2v) is 7.30. The molecule has 0 aliphatic heterocycles. The van der Waals surface area contributed by atoms with Gasteiger partial charge >= 0.3 is 0 Å². The van der Waals surface area contributed by atoms with Crippen molar-refractivity contribution in [2.45, 2.75) is 11.4 Å². The molecule has 26 heavy (non-hydrogen) atoms. The number of ether oxygens (including phenoxy) is 1. The van der Waals surface area contributed by atoms with Gasteiger partial charge in [-0.15, -0.1) is 11.8 Å². The zero-order valence-electron chi connectivity index (χ0n) is 14.2. The molecule has 2 aromatic carbocycles. The highest BCUT2D eigenvalue weighted by atomic mass is 32.2. The van der Waals surface area contributed by atoms with E-state index in [1.54, 1.807) is 22.8 Å². The highest BCUT2D eigenvalue weighted by Gasteiger charge is 2.14. The number of carbonyl (C=O) groups is 1. The summed E-state index contributed by atoms with van der Waals surface area (Å²) >= 11 is 2.59. The van der Waals surface area contributed by atoms with Crippen LogP contribution in [0, 0.1) is 11.6 Å². The summed E-state index contributed by atoms with van der Waals surface area (Å²) in [6.07, 6.45) is 1.92. The molecule has 0 N–H and O–H groups in total. The number of carbonyl (C=O) groups excluding carboxylic acids is 1. The molecule has 0 saturated heterocycles. The van der Waals surface area contributed by atoms with Crippen LogP contribution in [0.2, 0.25) is 0 Å². The van der Waals surface area contributed by atoms with Gasteiger partial charge in [-0.1, -0.05) is 17.4 Å². The molecule has 0 bridgehead atoms. The van der Waals surface area contributed by atoms with Crippen molar-refractivity contribution >= 4 is 39.2 Å². The first-order chi connectivity index (χ1) is 12.5. The highest BCUT2D eigenvalue weighted by Crippen LogP contribution is 2.22. The van der Waals surface area contributed by atoms with Gasteiger partial charge < -0.3 is 9.30 Å². The quantitative estimate of drug-likeness (QED) is 0.612. The van der Waals surface area contributed by atoms with Crippen molar-refractivity contribution in [3.8, 4) is 0 Å². The molecule has 136 valence electrons. The second kappa shape index (κ2) is 8.11. The third-order valence-electron chi connectivity index (χ3n) is 3.73. The van der Waals surface area contributed by atoms with Crippen molar-refractivity contribution in [2.24, 2.45) is 4.99 Å². The van der Waals surface area contributed by atoms with Crippen LogP contribution in [0.4, 0.5) is 8.78 Å². The first-order valence-electron chi connectivity index (χ1n) is 7.74. The van der Waals surface area contributed by atoms with Gasteiger partial charge in [0.25, 0.3) is 5.91 Å². The van der Waals surface area contributed by atoms with E-state index in [4.69, 9.17) is 4.74 Å². The molecule has 1 amide bonds. The molecule has 0 atom stereocenters. The van der Waals surface area contributed by atoms with Crippen LogP contribution in [0.3, 0.4) is 0 Å². The maximum absolute atomic E-state index is 14.3. The lowest BCUT2D eigenvalue weighted by molar-refractivity contribution is 0.0997. The summed E-state index contributed by atoms with van der Waals surface area (Å²) in [5, 5.41) is 0. The predicted molar refractivity (Wildman–Crippen MR) is 99.7 cm³/mol. The van der Waals surface area contributed by atoms with Gasteiger partial charge in [-0.2, -0.15) is 4.99 Å². The van der Waals surface area contributed by atoms with Gasteiger partial charge in [0, 0.05) is 30.2 Å². The van der Waals surface area contributed by atoms with Gasteiger partial charge in [-0.05, 0) is 30.5 Å². The monoisotopic (exact) mass is 394 g/mol. The fourth-order valence-corrected chi connectivity index (χ4v) is 4.07. The second-order valence-electron chi connectivity index (χ2n) is 5.41. The van der Waals surface area contributed by atoms with Gasteiger partial charge in [0.2, 0.25) is 0 Å². The van der Waals surface area contributed by atoms with Crippen LogP contribution in [-0.4, -0.2) is 30.4 Å². The van der Waals surface area contributed by atoms with Crippen molar-refractivity contribution < 1.29 is 18.3 Å². The molecular weight excluding hydrogens is 378 g/mol.